The molecule has 1 amide bonds. The fraction of sp³-hybridized carbons (Fsp3) is 0.941. The summed E-state index contributed by atoms with van der Waals surface area (Å²) < 4.78 is 5.30. The minimum Gasteiger partial charge on any atom is -0.444 e. The Morgan fingerprint density at radius 3 is 1.82 bits per heavy atom. The molecular formula is C17H37N3O2. The van der Waals surface area contributed by atoms with E-state index in [0.717, 1.165) is 25.9 Å². The van der Waals surface area contributed by atoms with Gasteiger partial charge >= 0.3 is 6.09 Å². The maximum atomic E-state index is 11.8. The fourth-order valence-electron chi connectivity index (χ4n) is 2.13. The van der Waals surface area contributed by atoms with Crippen LogP contribution in [0.15, 0.2) is 0 Å². The Labute approximate surface area is 137 Å². The van der Waals surface area contributed by atoms with Crippen LogP contribution < -0.4 is 16.0 Å². The summed E-state index contributed by atoms with van der Waals surface area (Å²) in [7, 11) is 0. The van der Waals surface area contributed by atoms with E-state index >= 15 is 0 Å². The zero-order chi connectivity index (χ0) is 17.4. The third-order valence-corrected chi connectivity index (χ3v) is 3.60. The number of carbonyl (C=O) groups excluding carboxylic acids is 1. The van der Waals surface area contributed by atoms with Crippen LogP contribution in [0.1, 0.15) is 68.2 Å². The third kappa shape index (κ3) is 10.0. The minimum absolute atomic E-state index is 0.0868. The lowest BCUT2D eigenvalue weighted by atomic mass is 9.92. The van der Waals surface area contributed by atoms with Crippen molar-refractivity contribution in [2.45, 2.75) is 84.9 Å². The highest BCUT2D eigenvalue weighted by molar-refractivity contribution is 5.67. The minimum atomic E-state index is -0.463. The third-order valence-electron chi connectivity index (χ3n) is 3.60. The molecule has 5 nitrogen and oxygen atoms in total. The van der Waals surface area contributed by atoms with Gasteiger partial charge in [-0.3, -0.25) is 0 Å². The van der Waals surface area contributed by atoms with Gasteiger partial charge in [0.2, 0.25) is 0 Å². The molecule has 0 aliphatic carbocycles. The van der Waals surface area contributed by atoms with Crippen molar-refractivity contribution < 1.29 is 9.53 Å². The van der Waals surface area contributed by atoms with E-state index in [2.05, 4.69) is 50.6 Å². The molecule has 0 saturated carbocycles. The van der Waals surface area contributed by atoms with Crippen LogP contribution in [-0.2, 0) is 4.74 Å². The highest BCUT2D eigenvalue weighted by Gasteiger charge is 2.27. The van der Waals surface area contributed by atoms with Crippen molar-refractivity contribution >= 4 is 6.09 Å². The van der Waals surface area contributed by atoms with Gasteiger partial charge in [0.05, 0.1) is 0 Å². The fourth-order valence-corrected chi connectivity index (χ4v) is 2.13. The van der Waals surface area contributed by atoms with Gasteiger partial charge in [-0.05, 0) is 54.4 Å². The number of alkyl carbamates (subject to hydrolysis) is 1. The first kappa shape index (κ1) is 21.2. The molecule has 0 fully saturated rings. The van der Waals surface area contributed by atoms with Crippen LogP contribution in [0.25, 0.3) is 0 Å². The van der Waals surface area contributed by atoms with Crippen molar-refractivity contribution in [1.29, 1.82) is 0 Å². The molecule has 0 aromatic carbocycles. The summed E-state index contributed by atoms with van der Waals surface area (Å²) in [5.41, 5.74) is -0.427. The molecule has 0 radical (unpaired) electrons. The van der Waals surface area contributed by atoms with Crippen molar-refractivity contribution in [3.63, 3.8) is 0 Å². The summed E-state index contributed by atoms with van der Waals surface area (Å²) in [5.74, 6) is 0. The maximum Gasteiger partial charge on any atom is 0.407 e. The Kier molecular flexibility index (Phi) is 8.40. The second-order valence-corrected chi connectivity index (χ2v) is 7.95. The standard InChI is InChI=1S/C17H37N3O2/c1-9-17(10-2,20-12-11-19-15(3,4)5)13-18-14(21)22-16(6,7)8/h19-20H,9-13H2,1-8H3,(H,18,21). The van der Waals surface area contributed by atoms with Gasteiger partial charge < -0.3 is 20.7 Å². The molecule has 0 aromatic rings. The molecule has 0 aliphatic heterocycles. The number of rotatable bonds is 8. The smallest absolute Gasteiger partial charge is 0.407 e. The Balaban J connectivity index is 4.35. The average Bonchev–Trinajstić information content (AvgIpc) is 2.35. The van der Waals surface area contributed by atoms with Crippen LogP contribution in [0.3, 0.4) is 0 Å². The van der Waals surface area contributed by atoms with Crippen molar-refractivity contribution in [2.24, 2.45) is 0 Å². The van der Waals surface area contributed by atoms with Gasteiger partial charge in [-0.1, -0.05) is 13.8 Å². The lowest BCUT2D eigenvalue weighted by molar-refractivity contribution is 0.0507. The van der Waals surface area contributed by atoms with E-state index in [4.69, 9.17) is 4.74 Å². The zero-order valence-electron chi connectivity index (χ0n) is 15.9. The number of ether oxygens (including phenoxy) is 1. The first-order valence-corrected chi connectivity index (χ1v) is 8.40. The summed E-state index contributed by atoms with van der Waals surface area (Å²) in [5, 5.41) is 9.95. The van der Waals surface area contributed by atoms with Crippen molar-refractivity contribution in [3.05, 3.63) is 0 Å². The van der Waals surface area contributed by atoms with Gasteiger partial charge in [-0.2, -0.15) is 0 Å². The Morgan fingerprint density at radius 2 is 1.41 bits per heavy atom. The van der Waals surface area contributed by atoms with Crippen LogP contribution in [0.2, 0.25) is 0 Å². The van der Waals surface area contributed by atoms with Crippen LogP contribution in [-0.4, -0.2) is 42.4 Å². The van der Waals surface area contributed by atoms with Crippen LogP contribution in [0.5, 0.6) is 0 Å². The molecular weight excluding hydrogens is 278 g/mol. The number of hydrogen-bond donors (Lipinski definition) is 3. The lowest BCUT2D eigenvalue weighted by Crippen LogP contribution is -2.55. The lowest BCUT2D eigenvalue weighted by Gasteiger charge is -2.34. The SMILES string of the molecule is CCC(CC)(CNC(=O)OC(C)(C)C)NCCNC(C)(C)C. The van der Waals surface area contributed by atoms with Gasteiger partial charge in [0, 0.05) is 30.7 Å². The summed E-state index contributed by atoms with van der Waals surface area (Å²) in [6.07, 6.45) is 1.55. The largest absolute Gasteiger partial charge is 0.444 e. The average molecular weight is 316 g/mol. The summed E-state index contributed by atoms with van der Waals surface area (Å²) in [4.78, 5) is 11.8. The van der Waals surface area contributed by atoms with E-state index < -0.39 is 5.60 Å². The molecule has 0 aromatic heterocycles. The molecule has 132 valence electrons. The normalized spacial score (nSPS) is 13.1. The van der Waals surface area contributed by atoms with Crippen LogP contribution in [0, 0.1) is 0 Å². The van der Waals surface area contributed by atoms with Gasteiger partial charge in [-0.15, -0.1) is 0 Å². The number of nitrogens with one attached hydrogen (secondary N) is 3. The van der Waals surface area contributed by atoms with Crippen LogP contribution in [0.4, 0.5) is 4.79 Å². The molecule has 0 saturated heterocycles. The van der Waals surface area contributed by atoms with Gasteiger partial charge in [0.1, 0.15) is 5.60 Å². The molecule has 0 rings (SSSR count). The predicted octanol–water partition coefficient (Wildman–Crippen LogP) is 3.05. The highest BCUT2D eigenvalue weighted by Crippen LogP contribution is 2.14. The predicted molar refractivity (Wildman–Crippen MR) is 93.3 cm³/mol. The molecule has 0 atom stereocenters. The number of hydrogen-bond acceptors (Lipinski definition) is 4. The van der Waals surface area contributed by atoms with E-state index in [-0.39, 0.29) is 17.2 Å². The molecule has 0 spiro atoms. The first-order chi connectivity index (χ1) is 9.93. The number of amides is 1. The summed E-state index contributed by atoms with van der Waals surface area (Å²) in [6.45, 7) is 18.7. The highest BCUT2D eigenvalue weighted by atomic mass is 16.6. The van der Waals surface area contributed by atoms with Gasteiger partial charge in [0.25, 0.3) is 0 Å². The molecule has 0 unspecified atom stereocenters. The van der Waals surface area contributed by atoms with E-state index in [1.165, 1.54) is 0 Å². The van der Waals surface area contributed by atoms with E-state index in [1.54, 1.807) is 0 Å². The van der Waals surface area contributed by atoms with Gasteiger partial charge in [-0.25, -0.2) is 4.79 Å². The molecule has 0 heterocycles. The first-order valence-electron chi connectivity index (χ1n) is 8.40. The van der Waals surface area contributed by atoms with Crippen molar-refractivity contribution in [2.75, 3.05) is 19.6 Å². The van der Waals surface area contributed by atoms with Gasteiger partial charge in [0.15, 0.2) is 0 Å². The van der Waals surface area contributed by atoms with E-state index in [1.807, 2.05) is 20.8 Å². The Bertz CT molecular complexity index is 326. The maximum absolute atomic E-state index is 11.8. The quantitative estimate of drug-likeness (QED) is 0.603. The Hall–Kier alpha value is -0.810. The zero-order valence-corrected chi connectivity index (χ0v) is 15.9. The summed E-state index contributed by atoms with van der Waals surface area (Å²) >= 11 is 0. The monoisotopic (exact) mass is 315 g/mol. The molecule has 0 bridgehead atoms. The second-order valence-electron chi connectivity index (χ2n) is 7.95. The van der Waals surface area contributed by atoms with Crippen molar-refractivity contribution in [3.8, 4) is 0 Å². The van der Waals surface area contributed by atoms with E-state index in [9.17, 15) is 4.79 Å². The molecule has 5 heteroatoms. The summed E-state index contributed by atoms with van der Waals surface area (Å²) in [6, 6.07) is 0. The number of carbonyl (C=O) groups is 1. The van der Waals surface area contributed by atoms with Crippen LogP contribution >= 0.6 is 0 Å². The molecule has 22 heavy (non-hydrogen) atoms. The Morgan fingerprint density at radius 1 is 0.909 bits per heavy atom. The van der Waals surface area contributed by atoms with E-state index in [0.29, 0.717) is 6.54 Å². The molecule has 0 aliphatic rings. The second kappa shape index (κ2) is 8.73. The van der Waals surface area contributed by atoms with Crippen molar-refractivity contribution in [1.82, 2.24) is 16.0 Å². The topological polar surface area (TPSA) is 62.4 Å². The molecule has 3 N–H and O–H groups in total.